The van der Waals surface area contributed by atoms with Gasteiger partial charge in [-0.3, -0.25) is 9.69 Å². The summed E-state index contributed by atoms with van der Waals surface area (Å²) in [6.07, 6.45) is 3.73. The molecule has 0 bridgehead atoms. The topological polar surface area (TPSA) is 49.8 Å². The van der Waals surface area contributed by atoms with E-state index in [2.05, 4.69) is 0 Å². The number of thiocarbonyl (C=S) groups is 1. The van der Waals surface area contributed by atoms with E-state index in [1.807, 2.05) is 43.3 Å². The summed E-state index contributed by atoms with van der Waals surface area (Å²) in [4.78, 5) is 14.9. The van der Waals surface area contributed by atoms with Crippen molar-refractivity contribution in [2.45, 2.75) is 13.0 Å². The summed E-state index contributed by atoms with van der Waals surface area (Å²) in [7, 11) is 0. The summed E-state index contributed by atoms with van der Waals surface area (Å²) in [6.45, 7) is 1.96. The molecule has 2 aromatic carbocycles. The number of thioether (sulfide) groups is 1. The van der Waals surface area contributed by atoms with Gasteiger partial charge in [0, 0.05) is 5.56 Å². The standard InChI is InChI=1S/C20H15NO3S2/c1-12-14(10-13-4-2-3-5-17(13)24-12)11-18-19(23)21(20(25)26-18)15-6-8-16(22)9-7-15/h2-12,22H,1H3/b18-11+/t12-/m1/s1. The number of fused-ring (bicyclic) bond motifs is 1. The number of nitrogens with zero attached hydrogens (tertiary/aromatic N) is 1. The number of anilines is 1. The lowest BCUT2D eigenvalue weighted by atomic mass is 10.0. The molecular formula is C20H15NO3S2. The highest BCUT2D eigenvalue weighted by atomic mass is 32.2. The first kappa shape index (κ1) is 16.9. The molecule has 6 heteroatoms. The van der Waals surface area contributed by atoms with Crippen LogP contribution in [0.15, 0.2) is 65.1 Å². The average Bonchev–Trinajstić information content (AvgIpc) is 2.90. The maximum absolute atomic E-state index is 12.8. The molecule has 2 aliphatic rings. The highest BCUT2D eigenvalue weighted by Gasteiger charge is 2.34. The van der Waals surface area contributed by atoms with Crippen molar-refractivity contribution in [1.29, 1.82) is 0 Å². The largest absolute Gasteiger partial charge is 0.508 e. The number of carbonyl (C=O) groups is 1. The van der Waals surface area contributed by atoms with Gasteiger partial charge >= 0.3 is 0 Å². The minimum atomic E-state index is -0.169. The fourth-order valence-corrected chi connectivity index (χ4v) is 4.16. The number of amides is 1. The molecule has 0 spiro atoms. The summed E-state index contributed by atoms with van der Waals surface area (Å²) in [5, 5.41) is 9.43. The minimum Gasteiger partial charge on any atom is -0.508 e. The maximum atomic E-state index is 12.8. The van der Waals surface area contributed by atoms with Gasteiger partial charge in [0.2, 0.25) is 0 Å². The molecule has 1 saturated heterocycles. The second-order valence-electron chi connectivity index (χ2n) is 5.98. The van der Waals surface area contributed by atoms with Crippen LogP contribution in [-0.2, 0) is 4.79 Å². The number of phenols is 1. The van der Waals surface area contributed by atoms with Crippen molar-refractivity contribution >= 4 is 46.0 Å². The van der Waals surface area contributed by atoms with E-state index in [0.717, 1.165) is 16.9 Å². The van der Waals surface area contributed by atoms with Crippen LogP contribution in [0.2, 0.25) is 0 Å². The first-order chi connectivity index (χ1) is 12.5. The van der Waals surface area contributed by atoms with Crippen molar-refractivity contribution < 1.29 is 14.6 Å². The van der Waals surface area contributed by atoms with E-state index in [4.69, 9.17) is 17.0 Å². The van der Waals surface area contributed by atoms with Crippen molar-refractivity contribution in [2.24, 2.45) is 0 Å². The highest BCUT2D eigenvalue weighted by molar-refractivity contribution is 8.27. The minimum absolute atomic E-state index is 0.145. The lowest BCUT2D eigenvalue weighted by molar-refractivity contribution is -0.113. The third-order valence-corrected chi connectivity index (χ3v) is 5.52. The third kappa shape index (κ3) is 3.02. The molecule has 0 aromatic heterocycles. The Morgan fingerprint density at radius 1 is 1.19 bits per heavy atom. The molecule has 1 amide bonds. The van der Waals surface area contributed by atoms with Gasteiger partial charge in [-0.1, -0.05) is 42.2 Å². The molecule has 0 unspecified atom stereocenters. The van der Waals surface area contributed by atoms with Gasteiger partial charge in [-0.05, 0) is 55.0 Å². The molecule has 4 rings (SSSR count). The van der Waals surface area contributed by atoms with E-state index in [1.165, 1.54) is 28.8 Å². The Bertz CT molecular complexity index is 963. The maximum Gasteiger partial charge on any atom is 0.270 e. The Balaban J connectivity index is 1.66. The van der Waals surface area contributed by atoms with Crippen LogP contribution in [0.3, 0.4) is 0 Å². The molecular weight excluding hydrogens is 366 g/mol. The molecule has 0 radical (unpaired) electrons. The predicted molar refractivity (Wildman–Crippen MR) is 108 cm³/mol. The Labute approximate surface area is 160 Å². The fraction of sp³-hybridized carbons (Fsp3) is 0.100. The Morgan fingerprint density at radius 2 is 1.92 bits per heavy atom. The molecule has 0 aliphatic carbocycles. The van der Waals surface area contributed by atoms with Crippen LogP contribution >= 0.6 is 24.0 Å². The molecule has 130 valence electrons. The van der Waals surface area contributed by atoms with Gasteiger partial charge in [-0.15, -0.1) is 0 Å². The van der Waals surface area contributed by atoms with Crippen molar-refractivity contribution in [3.8, 4) is 11.5 Å². The molecule has 2 aliphatic heterocycles. The number of aromatic hydroxyl groups is 1. The number of rotatable bonds is 2. The SMILES string of the molecule is C[C@H]1Oc2ccccc2C=C1/C=C1/SC(=S)N(c2ccc(O)cc2)C1=O. The highest BCUT2D eigenvalue weighted by Crippen LogP contribution is 2.38. The van der Waals surface area contributed by atoms with E-state index < -0.39 is 0 Å². The number of phenolic OH excluding ortho intramolecular Hbond substituents is 1. The van der Waals surface area contributed by atoms with Crippen LogP contribution in [0.4, 0.5) is 5.69 Å². The molecule has 1 atom stereocenters. The number of hydrogen-bond donors (Lipinski definition) is 1. The van der Waals surface area contributed by atoms with E-state index >= 15 is 0 Å². The van der Waals surface area contributed by atoms with Crippen LogP contribution in [0.1, 0.15) is 12.5 Å². The van der Waals surface area contributed by atoms with Gasteiger partial charge in [-0.2, -0.15) is 0 Å². The van der Waals surface area contributed by atoms with Crippen LogP contribution in [0, 0.1) is 0 Å². The van der Waals surface area contributed by atoms with Gasteiger partial charge < -0.3 is 9.84 Å². The smallest absolute Gasteiger partial charge is 0.270 e. The Kier molecular flexibility index (Phi) is 4.30. The normalized spacial score (nSPS) is 20.8. The van der Waals surface area contributed by atoms with Crippen LogP contribution < -0.4 is 9.64 Å². The fourth-order valence-electron chi connectivity index (χ4n) is 2.86. The second-order valence-corrected chi connectivity index (χ2v) is 7.65. The lowest BCUT2D eigenvalue weighted by Crippen LogP contribution is -2.27. The summed E-state index contributed by atoms with van der Waals surface area (Å²) < 4.78 is 6.40. The van der Waals surface area contributed by atoms with Gasteiger partial charge in [0.15, 0.2) is 4.32 Å². The molecule has 1 fully saturated rings. The van der Waals surface area contributed by atoms with Crippen molar-refractivity contribution in [1.82, 2.24) is 0 Å². The second kappa shape index (κ2) is 6.63. The zero-order chi connectivity index (χ0) is 18.3. The number of hydrogen-bond acceptors (Lipinski definition) is 5. The van der Waals surface area contributed by atoms with Crippen LogP contribution in [0.5, 0.6) is 11.5 Å². The number of para-hydroxylation sites is 1. The summed E-state index contributed by atoms with van der Waals surface area (Å²) in [5.74, 6) is 0.818. The summed E-state index contributed by atoms with van der Waals surface area (Å²) in [5.41, 5.74) is 2.56. The van der Waals surface area contributed by atoms with E-state index in [0.29, 0.717) is 14.9 Å². The number of benzene rings is 2. The Morgan fingerprint density at radius 3 is 2.69 bits per heavy atom. The van der Waals surface area contributed by atoms with Crippen molar-refractivity contribution in [3.05, 3.63) is 70.6 Å². The molecule has 1 N–H and O–H groups in total. The van der Waals surface area contributed by atoms with Gasteiger partial charge in [0.1, 0.15) is 17.6 Å². The van der Waals surface area contributed by atoms with Crippen molar-refractivity contribution in [3.63, 3.8) is 0 Å². The first-order valence-electron chi connectivity index (χ1n) is 8.07. The van der Waals surface area contributed by atoms with Crippen molar-refractivity contribution in [2.75, 3.05) is 4.90 Å². The zero-order valence-electron chi connectivity index (χ0n) is 13.9. The zero-order valence-corrected chi connectivity index (χ0v) is 15.5. The number of ether oxygens (including phenoxy) is 1. The molecule has 0 saturated carbocycles. The number of carbonyl (C=O) groups excluding carboxylic acids is 1. The van der Waals surface area contributed by atoms with E-state index in [-0.39, 0.29) is 17.8 Å². The third-order valence-electron chi connectivity index (χ3n) is 4.21. The summed E-state index contributed by atoms with van der Waals surface area (Å²) >= 11 is 6.65. The lowest BCUT2D eigenvalue weighted by Gasteiger charge is -2.23. The average molecular weight is 381 g/mol. The quantitative estimate of drug-likeness (QED) is 0.613. The predicted octanol–water partition coefficient (Wildman–Crippen LogP) is 4.51. The van der Waals surface area contributed by atoms with Crippen LogP contribution in [-0.4, -0.2) is 21.4 Å². The van der Waals surface area contributed by atoms with E-state index in [9.17, 15) is 9.90 Å². The Hall–Kier alpha value is -2.57. The van der Waals surface area contributed by atoms with Gasteiger partial charge in [0.05, 0.1) is 10.6 Å². The summed E-state index contributed by atoms with van der Waals surface area (Å²) in [6, 6.07) is 14.2. The molecule has 26 heavy (non-hydrogen) atoms. The van der Waals surface area contributed by atoms with Gasteiger partial charge in [-0.25, -0.2) is 0 Å². The first-order valence-corrected chi connectivity index (χ1v) is 9.29. The molecule has 2 aromatic rings. The van der Waals surface area contributed by atoms with E-state index in [1.54, 1.807) is 12.1 Å². The molecule has 4 nitrogen and oxygen atoms in total. The van der Waals surface area contributed by atoms with Crippen LogP contribution in [0.25, 0.3) is 6.08 Å². The molecule has 2 heterocycles. The monoisotopic (exact) mass is 381 g/mol. The van der Waals surface area contributed by atoms with Gasteiger partial charge in [0.25, 0.3) is 5.91 Å².